The van der Waals surface area contributed by atoms with E-state index in [9.17, 15) is 4.79 Å². The molecule has 0 saturated heterocycles. The zero-order chi connectivity index (χ0) is 19.5. The Labute approximate surface area is 168 Å². The van der Waals surface area contributed by atoms with Gasteiger partial charge in [0.25, 0.3) is 0 Å². The summed E-state index contributed by atoms with van der Waals surface area (Å²) in [7, 11) is 0. The Morgan fingerprint density at radius 2 is 1.78 bits per heavy atom. The van der Waals surface area contributed by atoms with E-state index in [4.69, 9.17) is 37.4 Å². The van der Waals surface area contributed by atoms with Gasteiger partial charge in [-0.25, -0.2) is 10.2 Å². The average Bonchev–Trinajstić information content (AvgIpc) is 2.65. The fourth-order valence-corrected chi connectivity index (χ4v) is 2.34. The van der Waals surface area contributed by atoms with Crippen LogP contribution in [-0.4, -0.2) is 32.1 Å². The van der Waals surface area contributed by atoms with Gasteiger partial charge in [0.05, 0.1) is 26.0 Å². The monoisotopic (exact) mass is 410 g/mol. The van der Waals surface area contributed by atoms with Crippen LogP contribution in [0.1, 0.15) is 18.9 Å². The van der Waals surface area contributed by atoms with Crippen LogP contribution < -0.4 is 14.9 Å². The molecular weight excluding hydrogens is 391 g/mol. The Morgan fingerprint density at radius 1 is 1.07 bits per heavy atom. The number of nitrogens with zero attached hydrogens (tertiary/aromatic N) is 1. The number of hydrogen-bond donors (Lipinski definition) is 1. The quantitative estimate of drug-likeness (QED) is 0.361. The lowest BCUT2D eigenvalue weighted by atomic mass is 10.2. The molecule has 0 atom stereocenters. The van der Waals surface area contributed by atoms with Crippen LogP contribution in [0.2, 0.25) is 10.0 Å². The third-order valence-corrected chi connectivity index (χ3v) is 3.72. The van der Waals surface area contributed by atoms with E-state index in [0.717, 1.165) is 5.75 Å². The van der Waals surface area contributed by atoms with Crippen molar-refractivity contribution in [2.45, 2.75) is 13.3 Å². The molecule has 0 aliphatic carbocycles. The lowest BCUT2D eigenvalue weighted by Gasteiger charge is -2.10. The summed E-state index contributed by atoms with van der Waals surface area (Å²) in [5.74, 6) is 1.35. The first-order chi connectivity index (χ1) is 13.1. The van der Waals surface area contributed by atoms with Gasteiger partial charge in [-0.1, -0.05) is 23.2 Å². The van der Waals surface area contributed by atoms with Crippen LogP contribution in [0.5, 0.6) is 11.5 Å². The molecule has 6 nitrogen and oxygen atoms in total. The molecule has 0 aromatic heterocycles. The third-order valence-electron chi connectivity index (χ3n) is 3.24. The van der Waals surface area contributed by atoms with E-state index in [1.807, 2.05) is 12.1 Å². The second-order valence-corrected chi connectivity index (χ2v) is 6.15. The van der Waals surface area contributed by atoms with Gasteiger partial charge in [0.2, 0.25) is 0 Å². The predicted molar refractivity (Wildman–Crippen MR) is 106 cm³/mol. The van der Waals surface area contributed by atoms with Gasteiger partial charge in [0.15, 0.2) is 0 Å². The van der Waals surface area contributed by atoms with Gasteiger partial charge in [0, 0.05) is 22.0 Å². The summed E-state index contributed by atoms with van der Waals surface area (Å²) < 4.78 is 16.1. The predicted octanol–water partition coefficient (Wildman–Crippen LogP) is 4.92. The van der Waals surface area contributed by atoms with Crippen molar-refractivity contribution in [3.05, 3.63) is 58.1 Å². The van der Waals surface area contributed by atoms with Crippen LogP contribution in [0, 0.1) is 0 Å². The lowest BCUT2D eigenvalue weighted by molar-refractivity contribution is 0.152. The number of carbonyl (C=O) groups is 1. The first kappa shape index (κ1) is 20.9. The molecular formula is C19H20Cl2N2O4. The minimum absolute atomic E-state index is 0.269. The Bertz CT molecular complexity index is 767. The maximum atomic E-state index is 11.2. The number of hydrazone groups is 1. The van der Waals surface area contributed by atoms with Gasteiger partial charge in [-0.15, -0.1) is 0 Å². The smallest absolute Gasteiger partial charge is 0.427 e. The van der Waals surface area contributed by atoms with E-state index in [1.54, 1.807) is 37.3 Å². The summed E-state index contributed by atoms with van der Waals surface area (Å²) in [6.07, 6.45) is 1.50. The van der Waals surface area contributed by atoms with Crippen molar-refractivity contribution in [1.29, 1.82) is 0 Å². The molecule has 0 saturated carbocycles. The number of hydrogen-bond acceptors (Lipinski definition) is 5. The lowest BCUT2D eigenvalue weighted by Crippen LogP contribution is -2.18. The molecule has 0 unspecified atom stereocenters. The number of rotatable bonds is 9. The number of nitrogens with one attached hydrogen (secondary N) is 1. The molecule has 0 aliphatic rings. The number of carbonyl (C=O) groups excluding carboxylic acids is 1. The molecule has 0 radical (unpaired) electrons. The zero-order valence-electron chi connectivity index (χ0n) is 14.8. The topological polar surface area (TPSA) is 69.2 Å². The van der Waals surface area contributed by atoms with E-state index in [1.165, 1.54) is 6.21 Å². The Hall–Kier alpha value is -2.44. The molecule has 1 amide bonds. The van der Waals surface area contributed by atoms with Crippen LogP contribution in [0.3, 0.4) is 0 Å². The van der Waals surface area contributed by atoms with Gasteiger partial charge in [0.1, 0.15) is 11.5 Å². The molecule has 2 rings (SSSR count). The summed E-state index contributed by atoms with van der Waals surface area (Å²) in [5, 5.41) is 5.03. The fourth-order valence-electron chi connectivity index (χ4n) is 2.03. The van der Waals surface area contributed by atoms with Crippen molar-refractivity contribution in [3.8, 4) is 11.5 Å². The molecule has 0 fully saturated rings. The van der Waals surface area contributed by atoms with Gasteiger partial charge in [-0.3, -0.25) is 0 Å². The normalized spacial score (nSPS) is 10.6. The number of halogens is 2. The first-order valence-electron chi connectivity index (χ1n) is 8.35. The highest BCUT2D eigenvalue weighted by atomic mass is 35.5. The highest BCUT2D eigenvalue weighted by Gasteiger charge is 2.04. The first-order valence-corrected chi connectivity index (χ1v) is 9.10. The standard InChI is InChI=1S/C19H20Cl2N2O4/c1-2-25-19(24)23-22-13-14-12-16(21)6-9-18(14)27-11-3-10-26-17-7-4-15(20)5-8-17/h4-9,12-13H,2-3,10-11H2,1H3,(H,23,24). The SMILES string of the molecule is CCOC(=O)NN=Cc1cc(Cl)ccc1OCCCOc1ccc(Cl)cc1. The van der Waals surface area contributed by atoms with E-state index < -0.39 is 6.09 Å². The van der Waals surface area contributed by atoms with Crippen LogP contribution in [-0.2, 0) is 4.74 Å². The molecule has 0 heterocycles. The van der Waals surface area contributed by atoms with Gasteiger partial charge < -0.3 is 14.2 Å². The summed E-state index contributed by atoms with van der Waals surface area (Å²) >= 11 is 11.8. The minimum Gasteiger partial charge on any atom is -0.493 e. The maximum Gasteiger partial charge on any atom is 0.427 e. The van der Waals surface area contributed by atoms with E-state index >= 15 is 0 Å². The molecule has 0 bridgehead atoms. The number of benzene rings is 2. The second kappa shape index (κ2) is 11.3. The highest BCUT2D eigenvalue weighted by molar-refractivity contribution is 6.31. The van der Waals surface area contributed by atoms with Crippen molar-refractivity contribution in [3.63, 3.8) is 0 Å². The van der Waals surface area contributed by atoms with Crippen molar-refractivity contribution in [1.82, 2.24) is 5.43 Å². The highest BCUT2D eigenvalue weighted by Crippen LogP contribution is 2.22. The van der Waals surface area contributed by atoms with Crippen molar-refractivity contribution in [2.75, 3.05) is 19.8 Å². The number of ether oxygens (including phenoxy) is 3. The molecule has 0 aliphatic heterocycles. The molecule has 27 heavy (non-hydrogen) atoms. The number of amides is 1. The van der Waals surface area contributed by atoms with E-state index in [-0.39, 0.29) is 6.61 Å². The summed E-state index contributed by atoms with van der Waals surface area (Å²) in [4.78, 5) is 11.2. The Kier molecular flexibility index (Phi) is 8.74. The van der Waals surface area contributed by atoms with E-state index in [2.05, 4.69) is 10.5 Å². The van der Waals surface area contributed by atoms with Crippen molar-refractivity contribution < 1.29 is 19.0 Å². The third kappa shape index (κ3) is 7.76. The minimum atomic E-state index is -0.627. The van der Waals surface area contributed by atoms with Crippen LogP contribution in [0.25, 0.3) is 0 Å². The molecule has 0 spiro atoms. The molecule has 2 aromatic rings. The van der Waals surface area contributed by atoms with Crippen molar-refractivity contribution >= 4 is 35.5 Å². The zero-order valence-corrected chi connectivity index (χ0v) is 16.3. The van der Waals surface area contributed by atoms with Gasteiger partial charge >= 0.3 is 6.09 Å². The molecule has 144 valence electrons. The van der Waals surface area contributed by atoms with Gasteiger partial charge in [-0.2, -0.15) is 5.10 Å². The van der Waals surface area contributed by atoms with E-state index in [0.29, 0.717) is 41.0 Å². The average molecular weight is 411 g/mol. The summed E-state index contributed by atoms with van der Waals surface area (Å²) in [5.41, 5.74) is 2.89. The molecule has 8 heteroatoms. The second-order valence-electron chi connectivity index (χ2n) is 5.28. The largest absolute Gasteiger partial charge is 0.493 e. The van der Waals surface area contributed by atoms with Crippen molar-refractivity contribution in [2.24, 2.45) is 5.10 Å². The van der Waals surface area contributed by atoms with Crippen LogP contribution in [0.15, 0.2) is 47.6 Å². The maximum absolute atomic E-state index is 11.2. The fraction of sp³-hybridized carbons (Fsp3) is 0.263. The molecule has 1 N–H and O–H groups in total. The van der Waals surface area contributed by atoms with Crippen LogP contribution in [0.4, 0.5) is 4.79 Å². The Morgan fingerprint density at radius 3 is 2.52 bits per heavy atom. The Balaban J connectivity index is 1.82. The van der Waals surface area contributed by atoms with Gasteiger partial charge in [-0.05, 0) is 49.4 Å². The summed E-state index contributed by atoms with van der Waals surface area (Å²) in [6, 6.07) is 12.3. The molecule has 2 aromatic carbocycles. The van der Waals surface area contributed by atoms with Crippen LogP contribution >= 0.6 is 23.2 Å². The summed E-state index contributed by atoms with van der Waals surface area (Å²) in [6.45, 7) is 2.93.